The van der Waals surface area contributed by atoms with Crippen molar-refractivity contribution in [3.63, 3.8) is 0 Å². The van der Waals surface area contributed by atoms with Crippen LogP contribution in [0.5, 0.6) is 11.6 Å². The smallest absolute Gasteiger partial charge is 0.255 e. The number of hydrogen-bond acceptors (Lipinski definition) is 11. The highest BCUT2D eigenvalue weighted by Crippen LogP contribution is 2.53. The molecule has 0 unspecified atom stereocenters. The predicted molar refractivity (Wildman–Crippen MR) is 156 cm³/mol. The van der Waals surface area contributed by atoms with Crippen LogP contribution in [0.15, 0.2) is 47.4 Å². The minimum absolute atomic E-state index is 0.0127. The van der Waals surface area contributed by atoms with Gasteiger partial charge in [0.05, 0.1) is 18.2 Å². The second-order valence-electron chi connectivity index (χ2n) is 11.8. The summed E-state index contributed by atoms with van der Waals surface area (Å²) in [5, 5.41) is 45.0. The number of ketones is 2. The van der Waals surface area contributed by atoms with Crippen LogP contribution in [0.4, 0.5) is 0 Å². The Morgan fingerprint density at radius 3 is 2.44 bits per heavy atom. The summed E-state index contributed by atoms with van der Waals surface area (Å²) in [5.74, 6) is -6.40. The van der Waals surface area contributed by atoms with Gasteiger partial charge in [0.1, 0.15) is 22.8 Å². The fourth-order valence-electron chi connectivity index (χ4n) is 6.70. The molecule has 3 aliphatic carbocycles. The number of phenolic OH excluding ortho intramolecular Hbond substituents is 1. The number of nitrogens with zero attached hydrogens (tertiary/aromatic N) is 3. The molecule has 0 saturated heterocycles. The first kappa shape index (κ1) is 30.2. The van der Waals surface area contributed by atoms with Gasteiger partial charge in [-0.05, 0) is 76.6 Å². The van der Waals surface area contributed by atoms with Crippen LogP contribution < -0.4 is 10.5 Å². The molecule has 43 heavy (non-hydrogen) atoms. The van der Waals surface area contributed by atoms with Crippen LogP contribution in [0, 0.1) is 11.8 Å². The van der Waals surface area contributed by atoms with Crippen LogP contribution in [-0.4, -0.2) is 106 Å². The van der Waals surface area contributed by atoms with Crippen molar-refractivity contribution in [1.82, 2.24) is 14.8 Å². The number of aromatic hydroxyl groups is 1. The molecule has 1 fully saturated rings. The molecule has 4 atom stereocenters. The number of Topliss-reactive ketones (excluding diaryl/α,β-unsaturated/α-hetero) is 2. The lowest BCUT2D eigenvalue weighted by molar-refractivity contribution is -0.153. The van der Waals surface area contributed by atoms with Crippen LogP contribution in [-0.2, 0) is 20.8 Å². The molecule has 0 bridgehead atoms. The fourth-order valence-corrected chi connectivity index (χ4v) is 6.70. The summed E-state index contributed by atoms with van der Waals surface area (Å²) in [7, 11) is 7.10. The maximum atomic E-state index is 14.0. The fraction of sp³-hybridized carbons (Fsp3) is 0.419. The number of ether oxygens (including phenoxy) is 1. The molecule has 3 aliphatic rings. The number of carbonyl (C=O) groups is 3. The Labute approximate surface area is 248 Å². The first-order valence-electron chi connectivity index (χ1n) is 14.0. The van der Waals surface area contributed by atoms with Gasteiger partial charge in [-0.3, -0.25) is 19.3 Å². The molecule has 1 aromatic carbocycles. The number of phenols is 1. The standard InChI is InChI=1S/C31H36N4O8/c1-34(2)10-5-11-43-21-9-6-15(14-33-21)17-7-8-20(36)23-18(17)12-16-13-19-25(35(3)4)27(38)24(30(32)41)29(40)31(19,42)28(39)22(16)26(23)37/h6-9,14,16,19,25,36-37,40,42H,5,10-13H2,1-4H3,(H2,32,41)/t16-,19-,25-,31-/m0/s1. The lowest BCUT2D eigenvalue weighted by Gasteiger charge is -2.50. The van der Waals surface area contributed by atoms with Crippen LogP contribution in [0.2, 0.25) is 0 Å². The normalized spacial score (nSPS) is 25.1. The van der Waals surface area contributed by atoms with E-state index in [1.54, 1.807) is 32.4 Å². The third kappa shape index (κ3) is 4.85. The highest BCUT2D eigenvalue weighted by atomic mass is 16.5. The molecule has 0 aliphatic heterocycles. The lowest BCUT2D eigenvalue weighted by Crippen LogP contribution is -2.65. The van der Waals surface area contributed by atoms with E-state index in [4.69, 9.17) is 10.5 Å². The number of rotatable bonds is 8. The maximum absolute atomic E-state index is 14.0. The zero-order valence-electron chi connectivity index (χ0n) is 24.5. The number of primary amides is 1. The van der Waals surface area contributed by atoms with Crippen LogP contribution in [0.25, 0.3) is 16.9 Å². The monoisotopic (exact) mass is 592 g/mol. The first-order chi connectivity index (χ1) is 20.3. The van der Waals surface area contributed by atoms with Crippen molar-refractivity contribution in [3.8, 4) is 22.8 Å². The van der Waals surface area contributed by atoms with E-state index in [9.17, 15) is 34.8 Å². The molecule has 0 radical (unpaired) electrons. The molecule has 6 N–H and O–H groups in total. The number of aliphatic hydroxyl groups excluding tert-OH is 2. The summed E-state index contributed by atoms with van der Waals surface area (Å²) in [5.41, 5.74) is 3.61. The van der Waals surface area contributed by atoms with E-state index in [0.29, 0.717) is 29.2 Å². The predicted octanol–water partition coefficient (Wildman–Crippen LogP) is 1.36. The second kappa shape index (κ2) is 11.1. The van der Waals surface area contributed by atoms with Crippen molar-refractivity contribution in [1.29, 1.82) is 0 Å². The van der Waals surface area contributed by atoms with E-state index in [1.165, 1.54) is 11.0 Å². The van der Waals surface area contributed by atoms with Gasteiger partial charge in [0, 0.05) is 35.9 Å². The van der Waals surface area contributed by atoms with E-state index >= 15 is 0 Å². The Kier molecular flexibility index (Phi) is 7.80. The van der Waals surface area contributed by atoms with Gasteiger partial charge >= 0.3 is 0 Å². The summed E-state index contributed by atoms with van der Waals surface area (Å²) in [6.45, 7) is 1.39. The van der Waals surface area contributed by atoms with Crippen molar-refractivity contribution in [3.05, 3.63) is 58.5 Å². The van der Waals surface area contributed by atoms with Crippen molar-refractivity contribution < 1.29 is 39.5 Å². The van der Waals surface area contributed by atoms with Gasteiger partial charge < -0.3 is 35.8 Å². The summed E-state index contributed by atoms with van der Waals surface area (Å²) in [4.78, 5) is 47.3. The number of carbonyl (C=O) groups excluding carboxylic acids is 3. The highest BCUT2D eigenvalue weighted by molar-refractivity contribution is 6.24. The van der Waals surface area contributed by atoms with Gasteiger partial charge in [-0.25, -0.2) is 4.98 Å². The largest absolute Gasteiger partial charge is 0.508 e. The van der Waals surface area contributed by atoms with E-state index < -0.39 is 58.0 Å². The van der Waals surface area contributed by atoms with Crippen molar-refractivity contribution in [2.45, 2.75) is 30.9 Å². The third-order valence-corrected chi connectivity index (χ3v) is 8.65. The SMILES string of the molecule is CN(C)CCCOc1ccc(-c2ccc(O)c3c2C[C@H]2C[C@H]4[C@H](N(C)C)C(=O)C(C(N)=O)=C(O)[C@@]4(O)C(=O)C2=C3O)cn1. The van der Waals surface area contributed by atoms with Crippen LogP contribution in [0.3, 0.4) is 0 Å². The molecule has 228 valence electrons. The highest BCUT2D eigenvalue weighted by Gasteiger charge is 2.64. The average molecular weight is 593 g/mol. The van der Waals surface area contributed by atoms with Gasteiger partial charge in [0.2, 0.25) is 11.7 Å². The number of amides is 1. The number of hydrogen-bond donors (Lipinski definition) is 5. The summed E-state index contributed by atoms with van der Waals surface area (Å²) < 4.78 is 5.74. The maximum Gasteiger partial charge on any atom is 0.255 e. The Balaban J connectivity index is 1.56. The van der Waals surface area contributed by atoms with Gasteiger partial charge in [0.15, 0.2) is 11.4 Å². The minimum atomic E-state index is -2.68. The Bertz CT molecular complexity index is 1560. The minimum Gasteiger partial charge on any atom is -0.508 e. The number of pyridine rings is 1. The molecule has 12 nitrogen and oxygen atoms in total. The molecule has 2 aromatic rings. The quantitative estimate of drug-likeness (QED) is 0.220. The summed E-state index contributed by atoms with van der Waals surface area (Å²) >= 11 is 0. The molecule has 5 rings (SSSR count). The van der Waals surface area contributed by atoms with E-state index in [2.05, 4.69) is 9.88 Å². The molecule has 1 aromatic heterocycles. The average Bonchev–Trinajstić information content (AvgIpc) is 2.93. The molecule has 12 heteroatoms. The third-order valence-electron chi connectivity index (χ3n) is 8.65. The first-order valence-corrected chi connectivity index (χ1v) is 14.0. The molecule has 0 spiro atoms. The zero-order chi connectivity index (χ0) is 31.4. The Hall–Kier alpha value is -4.26. The van der Waals surface area contributed by atoms with E-state index in [-0.39, 0.29) is 29.7 Å². The zero-order valence-corrected chi connectivity index (χ0v) is 24.5. The van der Waals surface area contributed by atoms with Crippen molar-refractivity contribution in [2.24, 2.45) is 17.6 Å². The number of likely N-dealkylation sites (N-methyl/N-ethyl adjacent to an activating group) is 1. The summed E-state index contributed by atoms with van der Waals surface area (Å²) in [6.07, 6.45) is 2.66. The van der Waals surface area contributed by atoms with Gasteiger partial charge in [0.25, 0.3) is 5.91 Å². The molecule has 1 amide bonds. The number of aliphatic hydroxyl groups is 3. The van der Waals surface area contributed by atoms with Gasteiger partial charge in [-0.15, -0.1) is 0 Å². The number of fused-ring (bicyclic) bond motifs is 3. The van der Waals surface area contributed by atoms with Crippen LogP contribution >= 0.6 is 0 Å². The van der Waals surface area contributed by atoms with E-state index in [1.807, 2.05) is 20.2 Å². The number of aromatic nitrogens is 1. The number of benzene rings is 1. The second-order valence-corrected chi connectivity index (χ2v) is 11.8. The molecule has 1 saturated carbocycles. The Morgan fingerprint density at radius 2 is 1.84 bits per heavy atom. The van der Waals surface area contributed by atoms with Crippen molar-refractivity contribution >= 4 is 23.2 Å². The molecular weight excluding hydrogens is 556 g/mol. The topological polar surface area (TPSA) is 187 Å². The van der Waals surface area contributed by atoms with Gasteiger partial charge in [-0.2, -0.15) is 0 Å². The lowest BCUT2D eigenvalue weighted by atomic mass is 9.57. The van der Waals surface area contributed by atoms with Crippen LogP contribution in [0.1, 0.15) is 24.0 Å². The summed E-state index contributed by atoms with van der Waals surface area (Å²) in [6, 6.07) is 5.50. The van der Waals surface area contributed by atoms with Gasteiger partial charge in [-0.1, -0.05) is 6.07 Å². The van der Waals surface area contributed by atoms with E-state index in [0.717, 1.165) is 13.0 Å². The molecular formula is C31H36N4O8. The Morgan fingerprint density at radius 1 is 1.12 bits per heavy atom. The number of nitrogens with two attached hydrogens (primary N) is 1. The molecule has 1 heterocycles. The van der Waals surface area contributed by atoms with Crippen molar-refractivity contribution in [2.75, 3.05) is 41.3 Å².